The number of ether oxygens (including phenoxy) is 1. The average Bonchev–Trinajstić information content (AvgIpc) is 1.97. The highest BCUT2D eigenvalue weighted by Gasteiger charge is 2.39. The summed E-state index contributed by atoms with van der Waals surface area (Å²) in [6.45, 7) is 7.72. The molecule has 1 rings (SSSR count). The first-order valence-electron chi connectivity index (χ1n) is 4.71. The summed E-state index contributed by atoms with van der Waals surface area (Å²) in [4.78, 5) is 11.3. The number of aliphatic hydroxyl groups excluding tert-OH is 1. The van der Waals surface area contributed by atoms with Gasteiger partial charge in [-0.2, -0.15) is 0 Å². The molecule has 3 nitrogen and oxygen atoms in total. The zero-order chi connectivity index (χ0) is 10.2. The van der Waals surface area contributed by atoms with Gasteiger partial charge in [0.15, 0.2) is 0 Å². The summed E-state index contributed by atoms with van der Waals surface area (Å²) >= 11 is 0. The van der Waals surface area contributed by atoms with Crippen LogP contribution in [0.4, 0.5) is 0 Å². The lowest BCUT2D eigenvalue weighted by atomic mass is 9.82. The first-order valence-corrected chi connectivity index (χ1v) is 4.71. The van der Waals surface area contributed by atoms with Crippen LogP contribution in [-0.2, 0) is 9.53 Å². The van der Waals surface area contributed by atoms with Gasteiger partial charge < -0.3 is 9.84 Å². The molecule has 3 heteroatoms. The molecule has 1 aliphatic rings. The second kappa shape index (κ2) is 3.29. The van der Waals surface area contributed by atoms with E-state index in [1.54, 1.807) is 6.92 Å². The minimum absolute atomic E-state index is 0.0865. The second-order valence-electron chi connectivity index (χ2n) is 4.88. The summed E-state index contributed by atoms with van der Waals surface area (Å²) in [7, 11) is 0. The normalized spacial score (nSPS) is 35.8. The van der Waals surface area contributed by atoms with Crippen LogP contribution in [0.3, 0.4) is 0 Å². The van der Waals surface area contributed by atoms with E-state index in [0.29, 0.717) is 6.42 Å². The van der Waals surface area contributed by atoms with Crippen molar-refractivity contribution in [2.45, 2.75) is 46.3 Å². The Labute approximate surface area is 79.1 Å². The third-order valence-corrected chi connectivity index (χ3v) is 2.63. The van der Waals surface area contributed by atoms with Crippen molar-refractivity contribution in [1.29, 1.82) is 0 Å². The zero-order valence-corrected chi connectivity index (χ0v) is 8.70. The van der Waals surface area contributed by atoms with E-state index in [9.17, 15) is 9.90 Å². The molecule has 1 fully saturated rings. The van der Waals surface area contributed by atoms with Gasteiger partial charge in [-0.3, -0.25) is 4.79 Å². The van der Waals surface area contributed by atoms with Crippen molar-refractivity contribution in [1.82, 2.24) is 0 Å². The average molecular weight is 186 g/mol. The van der Waals surface area contributed by atoms with Gasteiger partial charge in [0.1, 0.15) is 6.10 Å². The highest BCUT2D eigenvalue weighted by molar-refractivity contribution is 5.73. The Morgan fingerprint density at radius 2 is 2.00 bits per heavy atom. The molecule has 1 saturated heterocycles. The Balaban J connectivity index is 2.69. The van der Waals surface area contributed by atoms with Crippen molar-refractivity contribution in [3.8, 4) is 0 Å². The molecule has 0 radical (unpaired) electrons. The van der Waals surface area contributed by atoms with Crippen LogP contribution in [0.25, 0.3) is 0 Å². The highest BCUT2D eigenvalue weighted by Crippen LogP contribution is 2.32. The summed E-state index contributed by atoms with van der Waals surface area (Å²) in [6.07, 6.45) is -0.159. The van der Waals surface area contributed by atoms with Gasteiger partial charge in [0.25, 0.3) is 0 Å². The molecule has 1 N–H and O–H groups in total. The van der Waals surface area contributed by atoms with Gasteiger partial charge in [0.2, 0.25) is 0 Å². The fourth-order valence-corrected chi connectivity index (χ4v) is 1.41. The molecule has 0 spiro atoms. The maximum atomic E-state index is 11.3. The van der Waals surface area contributed by atoms with E-state index in [4.69, 9.17) is 4.74 Å². The highest BCUT2D eigenvalue weighted by atomic mass is 16.5. The molecule has 0 aromatic heterocycles. The molecule has 0 saturated carbocycles. The number of carbonyl (C=O) groups excluding carboxylic acids is 1. The molecule has 0 unspecified atom stereocenters. The Morgan fingerprint density at radius 3 is 2.38 bits per heavy atom. The maximum absolute atomic E-state index is 11.3. The SMILES string of the molecule is C[C@@H]1C(=O)O[C@H](C(C)(C)C)C[C@H]1O. The van der Waals surface area contributed by atoms with Crippen LogP contribution in [0.2, 0.25) is 0 Å². The number of hydrogen-bond donors (Lipinski definition) is 1. The number of esters is 1. The van der Waals surface area contributed by atoms with Crippen LogP contribution in [0.5, 0.6) is 0 Å². The Hall–Kier alpha value is -0.570. The lowest BCUT2D eigenvalue weighted by Gasteiger charge is -2.37. The number of aliphatic hydroxyl groups is 1. The van der Waals surface area contributed by atoms with Crippen LogP contribution >= 0.6 is 0 Å². The predicted molar refractivity (Wildman–Crippen MR) is 49.1 cm³/mol. The molecule has 0 aliphatic carbocycles. The van der Waals surface area contributed by atoms with Crippen LogP contribution < -0.4 is 0 Å². The van der Waals surface area contributed by atoms with Crippen molar-refractivity contribution in [2.75, 3.05) is 0 Å². The third kappa shape index (κ3) is 2.21. The largest absolute Gasteiger partial charge is 0.461 e. The van der Waals surface area contributed by atoms with E-state index in [2.05, 4.69) is 0 Å². The standard InChI is InChI=1S/C10H18O3/c1-6-7(11)5-8(10(2,3)4)13-9(6)12/h6-8,11H,5H2,1-4H3/t6-,7+,8-/m0/s1. The van der Waals surface area contributed by atoms with E-state index in [-0.39, 0.29) is 23.4 Å². The van der Waals surface area contributed by atoms with Crippen molar-refractivity contribution in [3.05, 3.63) is 0 Å². The Kier molecular flexibility index (Phi) is 2.66. The quantitative estimate of drug-likeness (QED) is 0.581. The minimum Gasteiger partial charge on any atom is -0.461 e. The fourth-order valence-electron chi connectivity index (χ4n) is 1.41. The van der Waals surface area contributed by atoms with Gasteiger partial charge >= 0.3 is 5.97 Å². The smallest absolute Gasteiger partial charge is 0.311 e. The van der Waals surface area contributed by atoms with Crippen molar-refractivity contribution in [3.63, 3.8) is 0 Å². The first kappa shape index (κ1) is 10.5. The van der Waals surface area contributed by atoms with E-state index in [1.807, 2.05) is 20.8 Å². The van der Waals surface area contributed by atoms with Gasteiger partial charge in [-0.1, -0.05) is 20.8 Å². The van der Waals surface area contributed by atoms with E-state index >= 15 is 0 Å². The summed E-state index contributed by atoms with van der Waals surface area (Å²) < 4.78 is 5.23. The van der Waals surface area contributed by atoms with Crippen LogP contribution in [0.15, 0.2) is 0 Å². The molecule has 0 aromatic rings. The molecule has 1 heterocycles. The molecule has 0 aromatic carbocycles. The number of cyclic esters (lactones) is 1. The second-order valence-corrected chi connectivity index (χ2v) is 4.88. The molecule has 1 aliphatic heterocycles. The summed E-state index contributed by atoms with van der Waals surface area (Å²) in [5.41, 5.74) is -0.0865. The van der Waals surface area contributed by atoms with Gasteiger partial charge in [-0.05, 0) is 12.3 Å². The lowest BCUT2D eigenvalue weighted by Crippen LogP contribution is -2.45. The number of carbonyl (C=O) groups is 1. The Bertz CT molecular complexity index is 205. The molecule has 3 atom stereocenters. The molecule has 76 valence electrons. The molecule has 13 heavy (non-hydrogen) atoms. The third-order valence-electron chi connectivity index (χ3n) is 2.63. The fraction of sp³-hybridized carbons (Fsp3) is 0.900. The zero-order valence-electron chi connectivity index (χ0n) is 8.70. The minimum atomic E-state index is -0.550. The monoisotopic (exact) mass is 186 g/mol. The van der Waals surface area contributed by atoms with E-state index in [1.165, 1.54) is 0 Å². The van der Waals surface area contributed by atoms with Gasteiger partial charge in [0, 0.05) is 6.42 Å². The topological polar surface area (TPSA) is 46.5 Å². The van der Waals surface area contributed by atoms with E-state index < -0.39 is 6.10 Å². The maximum Gasteiger partial charge on any atom is 0.311 e. The molecular weight excluding hydrogens is 168 g/mol. The number of hydrogen-bond acceptors (Lipinski definition) is 3. The van der Waals surface area contributed by atoms with Crippen LogP contribution in [0.1, 0.15) is 34.1 Å². The van der Waals surface area contributed by atoms with Gasteiger partial charge in [-0.15, -0.1) is 0 Å². The summed E-state index contributed by atoms with van der Waals surface area (Å²) in [5.74, 6) is -0.655. The first-order chi connectivity index (χ1) is 5.82. The van der Waals surface area contributed by atoms with Crippen LogP contribution in [0, 0.1) is 11.3 Å². The van der Waals surface area contributed by atoms with Crippen LogP contribution in [-0.4, -0.2) is 23.3 Å². The van der Waals surface area contributed by atoms with Crippen molar-refractivity contribution < 1.29 is 14.6 Å². The van der Waals surface area contributed by atoms with Gasteiger partial charge in [-0.25, -0.2) is 0 Å². The van der Waals surface area contributed by atoms with Crippen molar-refractivity contribution >= 4 is 5.97 Å². The Morgan fingerprint density at radius 1 is 1.46 bits per heavy atom. The molecular formula is C10H18O3. The molecule has 0 bridgehead atoms. The van der Waals surface area contributed by atoms with Gasteiger partial charge in [0.05, 0.1) is 12.0 Å². The van der Waals surface area contributed by atoms with Crippen molar-refractivity contribution in [2.24, 2.45) is 11.3 Å². The van der Waals surface area contributed by atoms with E-state index in [0.717, 1.165) is 0 Å². The lowest BCUT2D eigenvalue weighted by molar-refractivity contribution is -0.177. The summed E-state index contributed by atoms with van der Waals surface area (Å²) in [5, 5.41) is 9.58. The number of rotatable bonds is 0. The predicted octanol–water partition coefficient (Wildman–Crippen LogP) is 1.34. The molecule has 0 amide bonds. The summed E-state index contributed by atoms with van der Waals surface area (Å²) in [6, 6.07) is 0.